The maximum atomic E-state index is 10.0. The Morgan fingerprint density at radius 2 is 2.27 bits per heavy atom. The molecule has 2 unspecified atom stereocenters. The molecule has 2 atom stereocenters. The van der Waals surface area contributed by atoms with E-state index in [1.165, 1.54) is 0 Å². The van der Waals surface area contributed by atoms with E-state index < -0.39 is 0 Å². The van der Waals surface area contributed by atoms with Gasteiger partial charge in [0.1, 0.15) is 5.50 Å². The van der Waals surface area contributed by atoms with Crippen molar-refractivity contribution in [3.05, 3.63) is 0 Å². The number of rotatable bonds is 2. The average Bonchev–Trinajstić information content (AvgIpc) is 2.17. The zero-order chi connectivity index (χ0) is 8.43. The highest BCUT2D eigenvalue weighted by molar-refractivity contribution is 7.80. The fraction of sp³-hybridized carbons (Fsp3) is 0.800. The SMILES string of the molecule is CN1NC(S)N(C)C1OC=O. The fourth-order valence-electron chi connectivity index (χ4n) is 0.968. The van der Waals surface area contributed by atoms with E-state index in [0.29, 0.717) is 6.47 Å². The first-order chi connectivity index (χ1) is 5.16. The van der Waals surface area contributed by atoms with Crippen LogP contribution in [-0.2, 0) is 9.53 Å². The lowest BCUT2D eigenvalue weighted by Gasteiger charge is -2.20. The number of hydrazine groups is 1. The summed E-state index contributed by atoms with van der Waals surface area (Å²) in [5, 5.41) is 1.67. The molecule has 0 aromatic heterocycles. The van der Waals surface area contributed by atoms with Gasteiger partial charge in [0.25, 0.3) is 6.47 Å². The predicted octanol–water partition coefficient (Wildman–Crippen LogP) is -0.962. The van der Waals surface area contributed by atoms with Crippen molar-refractivity contribution in [1.82, 2.24) is 15.3 Å². The standard InChI is InChI=1S/C5H11N3O2S/c1-7-4(11)6-8(2)5(7)10-3-9/h3-6,11H,1-2H3. The van der Waals surface area contributed by atoms with E-state index in [-0.39, 0.29) is 11.8 Å². The first-order valence-corrected chi connectivity index (χ1v) is 3.66. The number of thiol groups is 1. The summed E-state index contributed by atoms with van der Waals surface area (Å²) in [6.45, 7) is 0.422. The van der Waals surface area contributed by atoms with Gasteiger partial charge in [-0.05, 0) is 7.05 Å². The minimum Gasteiger partial charge on any atom is -0.433 e. The summed E-state index contributed by atoms with van der Waals surface area (Å²) >= 11 is 4.18. The molecular formula is C5H11N3O2S. The van der Waals surface area contributed by atoms with Gasteiger partial charge in [-0.25, -0.2) is 10.3 Å². The molecule has 1 heterocycles. The lowest BCUT2D eigenvalue weighted by atomic mass is 10.8. The number of ether oxygens (including phenoxy) is 1. The van der Waals surface area contributed by atoms with Crippen molar-refractivity contribution in [2.75, 3.05) is 14.1 Å². The van der Waals surface area contributed by atoms with Gasteiger partial charge in [-0.15, -0.1) is 12.6 Å². The van der Waals surface area contributed by atoms with Gasteiger partial charge in [-0.3, -0.25) is 4.79 Å². The Morgan fingerprint density at radius 3 is 2.64 bits per heavy atom. The zero-order valence-electron chi connectivity index (χ0n) is 6.39. The van der Waals surface area contributed by atoms with Crippen LogP contribution in [0.5, 0.6) is 0 Å². The van der Waals surface area contributed by atoms with Crippen LogP contribution >= 0.6 is 12.6 Å². The van der Waals surface area contributed by atoms with Crippen molar-refractivity contribution in [2.24, 2.45) is 0 Å². The monoisotopic (exact) mass is 177 g/mol. The summed E-state index contributed by atoms with van der Waals surface area (Å²) in [5.41, 5.74) is 2.83. The molecule has 0 aromatic carbocycles. The molecule has 1 rings (SSSR count). The van der Waals surface area contributed by atoms with Crippen molar-refractivity contribution in [2.45, 2.75) is 11.8 Å². The Hall–Kier alpha value is -0.300. The van der Waals surface area contributed by atoms with Gasteiger partial charge < -0.3 is 4.74 Å². The topological polar surface area (TPSA) is 44.8 Å². The molecule has 0 spiro atoms. The van der Waals surface area contributed by atoms with Crippen LogP contribution in [-0.4, -0.2) is 42.3 Å². The molecule has 1 fully saturated rings. The first kappa shape index (κ1) is 8.79. The molecule has 5 nitrogen and oxygen atoms in total. The van der Waals surface area contributed by atoms with E-state index in [0.717, 1.165) is 0 Å². The van der Waals surface area contributed by atoms with Crippen LogP contribution in [0.2, 0.25) is 0 Å². The lowest BCUT2D eigenvalue weighted by molar-refractivity contribution is -0.152. The highest BCUT2D eigenvalue weighted by atomic mass is 32.1. The molecule has 64 valence electrons. The van der Waals surface area contributed by atoms with Gasteiger partial charge in [0.15, 0.2) is 0 Å². The number of carbonyl (C=O) groups excluding carboxylic acids is 1. The Morgan fingerprint density at radius 1 is 1.64 bits per heavy atom. The van der Waals surface area contributed by atoms with Gasteiger partial charge in [-0.1, -0.05) is 0 Å². The summed E-state index contributed by atoms with van der Waals surface area (Å²) in [7, 11) is 3.59. The summed E-state index contributed by atoms with van der Waals surface area (Å²) < 4.78 is 4.76. The molecule has 1 aliphatic heterocycles. The van der Waals surface area contributed by atoms with Gasteiger partial charge in [0.05, 0.1) is 0 Å². The van der Waals surface area contributed by atoms with Gasteiger partial charge in [0.2, 0.25) is 6.35 Å². The third-order valence-electron chi connectivity index (χ3n) is 1.56. The molecule has 0 amide bonds. The van der Waals surface area contributed by atoms with E-state index >= 15 is 0 Å². The van der Waals surface area contributed by atoms with E-state index in [9.17, 15) is 4.79 Å². The minimum absolute atomic E-state index is 0.107. The molecule has 6 heteroatoms. The molecule has 0 radical (unpaired) electrons. The Balaban J connectivity index is 2.55. The van der Waals surface area contributed by atoms with Crippen LogP contribution in [0.25, 0.3) is 0 Å². The zero-order valence-corrected chi connectivity index (χ0v) is 7.28. The molecule has 1 aliphatic rings. The number of nitrogens with zero attached hydrogens (tertiary/aromatic N) is 2. The van der Waals surface area contributed by atoms with E-state index in [2.05, 4.69) is 18.1 Å². The summed E-state index contributed by atoms with van der Waals surface area (Å²) in [4.78, 5) is 11.8. The molecule has 0 aliphatic carbocycles. The van der Waals surface area contributed by atoms with Crippen molar-refractivity contribution < 1.29 is 9.53 Å². The summed E-state index contributed by atoms with van der Waals surface area (Å²) in [6, 6.07) is 0. The molecule has 11 heavy (non-hydrogen) atoms. The largest absolute Gasteiger partial charge is 0.433 e. The summed E-state index contributed by atoms with van der Waals surface area (Å²) in [5.74, 6) is 0. The Bertz CT molecular complexity index is 157. The second-order valence-corrected chi connectivity index (χ2v) is 2.83. The molecule has 1 N–H and O–H groups in total. The molecule has 0 bridgehead atoms. The molecule has 0 saturated carbocycles. The van der Waals surface area contributed by atoms with E-state index in [1.54, 1.807) is 17.0 Å². The van der Waals surface area contributed by atoms with Crippen molar-refractivity contribution in [1.29, 1.82) is 0 Å². The molecule has 0 aromatic rings. The maximum Gasteiger partial charge on any atom is 0.295 e. The van der Waals surface area contributed by atoms with Crippen LogP contribution in [0, 0.1) is 0 Å². The molecule has 1 saturated heterocycles. The number of nitrogens with one attached hydrogen (secondary N) is 1. The van der Waals surface area contributed by atoms with Crippen molar-refractivity contribution >= 4 is 19.1 Å². The van der Waals surface area contributed by atoms with Crippen LogP contribution in [0.1, 0.15) is 0 Å². The summed E-state index contributed by atoms with van der Waals surface area (Å²) in [6.07, 6.45) is -0.366. The predicted molar refractivity (Wildman–Crippen MR) is 42.4 cm³/mol. The van der Waals surface area contributed by atoms with Gasteiger partial charge >= 0.3 is 0 Å². The second-order valence-electron chi connectivity index (χ2n) is 2.34. The molecular weight excluding hydrogens is 166 g/mol. The first-order valence-electron chi connectivity index (χ1n) is 3.15. The third-order valence-corrected chi connectivity index (χ3v) is 2.04. The highest BCUT2D eigenvalue weighted by Gasteiger charge is 2.33. The quantitative estimate of drug-likeness (QED) is 0.420. The number of carbonyl (C=O) groups is 1. The maximum absolute atomic E-state index is 10.0. The van der Waals surface area contributed by atoms with Crippen LogP contribution in [0.3, 0.4) is 0 Å². The smallest absolute Gasteiger partial charge is 0.295 e. The minimum atomic E-state index is -0.366. The Labute approximate surface area is 70.7 Å². The van der Waals surface area contributed by atoms with Crippen LogP contribution in [0.15, 0.2) is 0 Å². The third kappa shape index (κ3) is 1.64. The Kier molecular flexibility index (Phi) is 2.72. The van der Waals surface area contributed by atoms with Gasteiger partial charge in [0, 0.05) is 7.05 Å². The van der Waals surface area contributed by atoms with Crippen molar-refractivity contribution in [3.8, 4) is 0 Å². The second kappa shape index (κ2) is 3.40. The van der Waals surface area contributed by atoms with Crippen LogP contribution in [0.4, 0.5) is 0 Å². The normalized spacial score (nSPS) is 34.1. The fourth-order valence-corrected chi connectivity index (χ4v) is 1.26. The number of hydrogen-bond donors (Lipinski definition) is 2. The highest BCUT2D eigenvalue weighted by Crippen LogP contribution is 2.14. The van der Waals surface area contributed by atoms with E-state index in [4.69, 9.17) is 4.74 Å². The van der Waals surface area contributed by atoms with E-state index in [1.807, 2.05) is 7.05 Å². The van der Waals surface area contributed by atoms with Gasteiger partial charge in [-0.2, -0.15) is 5.01 Å². The average molecular weight is 177 g/mol. The lowest BCUT2D eigenvalue weighted by Crippen LogP contribution is -2.38. The number of hydrogen-bond acceptors (Lipinski definition) is 6. The van der Waals surface area contributed by atoms with Crippen LogP contribution < -0.4 is 5.43 Å². The van der Waals surface area contributed by atoms with Crippen molar-refractivity contribution in [3.63, 3.8) is 0 Å².